The highest BCUT2D eigenvalue weighted by atomic mass is 79.9. The molecule has 3 rings (SSSR count). The van der Waals surface area contributed by atoms with Gasteiger partial charge in [0.25, 0.3) is 5.91 Å². The number of amides is 1. The van der Waals surface area contributed by atoms with E-state index in [4.69, 9.17) is 0 Å². The minimum absolute atomic E-state index is 0.107. The van der Waals surface area contributed by atoms with E-state index in [-0.39, 0.29) is 11.9 Å². The predicted molar refractivity (Wildman–Crippen MR) is 83.4 cm³/mol. The van der Waals surface area contributed by atoms with Crippen LogP contribution >= 0.6 is 15.9 Å². The summed E-state index contributed by atoms with van der Waals surface area (Å²) in [5.74, 6) is 0.570. The fourth-order valence-electron chi connectivity index (χ4n) is 2.63. The van der Waals surface area contributed by atoms with Crippen molar-refractivity contribution in [1.82, 2.24) is 19.9 Å². The summed E-state index contributed by atoms with van der Waals surface area (Å²) in [6, 6.07) is 3.89. The third kappa shape index (κ3) is 3.50. The molecule has 1 saturated carbocycles. The number of pyridine rings is 1. The van der Waals surface area contributed by atoms with E-state index in [9.17, 15) is 4.79 Å². The zero-order chi connectivity index (χ0) is 14.7. The lowest BCUT2D eigenvalue weighted by Gasteiger charge is -2.22. The molecule has 1 N–H and O–H groups in total. The Morgan fingerprint density at radius 1 is 1.29 bits per heavy atom. The number of aromatic nitrogens is 3. The molecule has 1 amide bonds. The summed E-state index contributed by atoms with van der Waals surface area (Å²) in [7, 11) is 0. The maximum atomic E-state index is 12.4. The molecule has 1 fully saturated rings. The molecule has 1 aliphatic carbocycles. The van der Waals surface area contributed by atoms with Gasteiger partial charge in [-0.1, -0.05) is 35.2 Å². The lowest BCUT2D eigenvalue weighted by molar-refractivity contribution is 0.0922. The number of halogens is 1. The fourth-order valence-corrected chi connectivity index (χ4v) is 3.05. The molecule has 21 heavy (non-hydrogen) atoms. The first kappa shape index (κ1) is 14.3. The van der Waals surface area contributed by atoms with Crippen molar-refractivity contribution in [2.75, 3.05) is 0 Å². The molecule has 0 aromatic carbocycles. The van der Waals surface area contributed by atoms with Gasteiger partial charge in [-0.3, -0.25) is 9.36 Å². The molecule has 0 saturated heterocycles. The highest BCUT2D eigenvalue weighted by Crippen LogP contribution is 2.19. The van der Waals surface area contributed by atoms with E-state index >= 15 is 0 Å². The Morgan fingerprint density at radius 2 is 2.10 bits per heavy atom. The fraction of sp³-hybridized carbons (Fsp3) is 0.400. The number of hydrogen-bond acceptors (Lipinski definition) is 3. The number of rotatable bonds is 3. The van der Waals surface area contributed by atoms with Gasteiger partial charge in [0.15, 0.2) is 0 Å². The van der Waals surface area contributed by atoms with Gasteiger partial charge in [0.2, 0.25) is 0 Å². The average Bonchev–Trinajstić information content (AvgIpc) is 3.02. The molecule has 5 nitrogen and oxygen atoms in total. The highest BCUT2D eigenvalue weighted by Gasteiger charge is 2.18. The Labute approximate surface area is 131 Å². The first-order valence-corrected chi connectivity index (χ1v) is 7.98. The molecule has 0 radical (unpaired) electrons. The van der Waals surface area contributed by atoms with Gasteiger partial charge in [-0.2, -0.15) is 0 Å². The van der Waals surface area contributed by atoms with E-state index in [1.807, 2.05) is 6.07 Å². The van der Waals surface area contributed by atoms with Crippen molar-refractivity contribution in [3.63, 3.8) is 0 Å². The van der Waals surface area contributed by atoms with Crippen LogP contribution in [0.25, 0.3) is 5.82 Å². The van der Waals surface area contributed by atoms with E-state index in [2.05, 4.69) is 31.2 Å². The van der Waals surface area contributed by atoms with Crippen molar-refractivity contribution >= 4 is 21.8 Å². The van der Waals surface area contributed by atoms with Crippen LogP contribution in [0.15, 0.2) is 35.3 Å². The monoisotopic (exact) mass is 348 g/mol. The van der Waals surface area contributed by atoms with E-state index < -0.39 is 0 Å². The van der Waals surface area contributed by atoms with Crippen LogP contribution < -0.4 is 5.32 Å². The molecular formula is C15H17BrN4O. The molecule has 6 heteroatoms. The summed E-state index contributed by atoms with van der Waals surface area (Å²) >= 11 is 3.44. The van der Waals surface area contributed by atoms with E-state index in [0.29, 0.717) is 11.5 Å². The molecular weight excluding hydrogens is 332 g/mol. The van der Waals surface area contributed by atoms with Crippen LogP contribution in [0.5, 0.6) is 0 Å². The first-order chi connectivity index (χ1) is 10.2. The number of hydrogen-bond donors (Lipinski definition) is 1. The van der Waals surface area contributed by atoms with Crippen molar-refractivity contribution in [2.45, 2.75) is 38.1 Å². The number of nitrogens with one attached hydrogen (secondary N) is 1. The summed E-state index contributed by atoms with van der Waals surface area (Å²) in [5.41, 5.74) is 0.429. The summed E-state index contributed by atoms with van der Waals surface area (Å²) in [5, 5.41) is 3.09. The molecule has 2 aromatic heterocycles. The van der Waals surface area contributed by atoms with E-state index in [1.54, 1.807) is 29.4 Å². The zero-order valence-electron chi connectivity index (χ0n) is 11.6. The van der Waals surface area contributed by atoms with Gasteiger partial charge in [-0.05, 0) is 25.0 Å². The van der Waals surface area contributed by atoms with Crippen LogP contribution in [-0.2, 0) is 0 Å². The lowest BCUT2D eigenvalue weighted by Crippen LogP contribution is -2.36. The molecule has 2 aromatic rings. The summed E-state index contributed by atoms with van der Waals surface area (Å²) in [6.07, 6.45) is 10.9. The molecule has 0 spiro atoms. The number of imidazole rings is 1. The lowest BCUT2D eigenvalue weighted by atomic mass is 9.95. The number of carbonyl (C=O) groups is 1. The highest BCUT2D eigenvalue weighted by molar-refractivity contribution is 9.10. The maximum Gasteiger partial charge on any atom is 0.270 e. The van der Waals surface area contributed by atoms with Gasteiger partial charge in [-0.25, -0.2) is 9.97 Å². The quantitative estimate of drug-likeness (QED) is 0.926. The standard InChI is InChI=1S/C15H17BrN4O/c16-11-8-13(15(21)18-12-4-2-1-3-5-12)19-14(9-11)20-7-6-17-10-20/h6-10,12H,1-5H2,(H,18,21). The molecule has 110 valence electrons. The van der Waals surface area contributed by atoms with Gasteiger partial charge in [0.1, 0.15) is 17.8 Å². The number of nitrogens with zero attached hydrogens (tertiary/aromatic N) is 3. The first-order valence-electron chi connectivity index (χ1n) is 7.19. The third-order valence-electron chi connectivity index (χ3n) is 3.72. The van der Waals surface area contributed by atoms with Crippen LogP contribution in [0.4, 0.5) is 0 Å². The van der Waals surface area contributed by atoms with Gasteiger partial charge in [0.05, 0.1) is 0 Å². The van der Waals surface area contributed by atoms with Gasteiger partial charge >= 0.3 is 0 Å². The van der Waals surface area contributed by atoms with Crippen LogP contribution in [0.2, 0.25) is 0 Å². The Morgan fingerprint density at radius 3 is 2.81 bits per heavy atom. The normalized spacial score (nSPS) is 15.9. The SMILES string of the molecule is O=C(NC1CCCCC1)c1cc(Br)cc(-n2ccnc2)n1. The molecule has 0 unspecified atom stereocenters. The molecule has 1 aliphatic rings. The summed E-state index contributed by atoms with van der Waals surface area (Å²) < 4.78 is 2.61. The second kappa shape index (κ2) is 6.39. The van der Waals surface area contributed by atoms with Crippen LogP contribution in [0.3, 0.4) is 0 Å². The predicted octanol–water partition coefficient (Wildman–Crippen LogP) is 3.09. The molecule has 0 bridgehead atoms. The van der Waals surface area contributed by atoms with Crippen molar-refractivity contribution in [3.8, 4) is 5.82 Å². The Hall–Kier alpha value is -1.69. The van der Waals surface area contributed by atoms with Crippen molar-refractivity contribution in [3.05, 3.63) is 41.0 Å². The van der Waals surface area contributed by atoms with Crippen molar-refractivity contribution < 1.29 is 4.79 Å². The Bertz CT molecular complexity index is 621. The van der Waals surface area contributed by atoms with Gasteiger partial charge < -0.3 is 5.32 Å². The van der Waals surface area contributed by atoms with E-state index in [0.717, 1.165) is 17.3 Å². The minimum atomic E-state index is -0.107. The molecule has 0 aliphatic heterocycles. The third-order valence-corrected chi connectivity index (χ3v) is 4.18. The average molecular weight is 349 g/mol. The largest absolute Gasteiger partial charge is 0.348 e. The maximum absolute atomic E-state index is 12.4. The van der Waals surface area contributed by atoms with Gasteiger partial charge in [-0.15, -0.1) is 0 Å². The summed E-state index contributed by atoms with van der Waals surface area (Å²) in [6.45, 7) is 0. The second-order valence-electron chi connectivity index (χ2n) is 5.31. The minimum Gasteiger partial charge on any atom is -0.348 e. The van der Waals surface area contributed by atoms with E-state index in [1.165, 1.54) is 19.3 Å². The zero-order valence-corrected chi connectivity index (χ0v) is 13.2. The second-order valence-corrected chi connectivity index (χ2v) is 6.22. The van der Waals surface area contributed by atoms with Crippen molar-refractivity contribution in [1.29, 1.82) is 0 Å². The Kier molecular flexibility index (Phi) is 4.34. The smallest absolute Gasteiger partial charge is 0.270 e. The van der Waals surface area contributed by atoms with Crippen LogP contribution in [-0.4, -0.2) is 26.5 Å². The summed E-state index contributed by atoms with van der Waals surface area (Å²) in [4.78, 5) is 20.8. The molecule has 0 atom stereocenters. The van der Waals surface area contributed by atoms with Crippen LogP contribution in [0.1, 0.15) is 42.6 Å². The molecule has 2 heterocycles. The Balaban J connectivity index is 1.79. The number of carbonyl (C=O) groups excluding carboxylic acids is 1. The van der Waals surface area contributed by atoms with Crippen LogP contribution in [0, 0.1) is 0 Å². The topological polar surface area (TPSA) is 59.8 Å². The van der Waals surface area contributed by atoms with Gasteiger partial charge in [0, 0.05) is 22.9 Å². The van der Waals surface area contributed by atoms with Crippen molar-refractivity contribution in [2.24, 2.45) is 0 Å².